The van der Waals surface area contributed by atoms with Crippen molar-refractivity contribution in [2.45, 2.75) is 18.4 Å². The molecule has 0 bridgehead atoms. The van der Waals surface area contributed by atoms with Crippen LogP contribution < -0.4 is 24.2 Å². The van der Waals surface area contributed by atoms with Crippen molar-refractivity contribution in [2.75, 3.05) is 24.3 Å². The minimum atomic E-state index is -3.96. The summed E-state index contributed by atoms with van der Waals surface area (Å²) in [6, 6.07) is 14.5. The molecule has 0 spiro atoms. The topological polar surface area (TPSA) is 103 Å². The number of halogens is 2. The molecule has 1 amide bonds. The van der Waals surface area contributed by atoms with Crippen LogP contribution in [0.1, 0.15) is 15.9 Å². The Morgan fingerprint density at radius 1 is 0.882 bits per heavy atom. The van der Waals surface area contributed by atoms with E-state index in [9.17, 15) is 22.0 Å². The summed E-state index contributed by atoms with van der Waals surface area (Å²) < 4.78 is 67.8. The maximum absolute atomic E-state index is 12.9. The first-order valence-corrected chi connectivity index (χ1v) is 11.3. The van der Waals surface area contributed by atoms with Crippen molar-refractivity contribution in [3.63, 3.8) is 0 Å². The van der Waals surface area contributed by atoms with E-state index in [2.05, 4.69) is 14.8 Å². The van der Waals surface area contributed by atoms with Gasteiger partial charge >= 0.3 is 6.61 Å². The van der Waals surface area contributed by atoms with E-state index >= 15 is 0 Å². The van der Waals surface area contributed by atoms with Gasteiger partial charge in [0.25, 0.3) is 15.9 Å². The Kier molecular flexibility index (Phi) is 7.57. The van der Waals surface area contributed by atoms with Crippen LogP contribution in [0.5, 0.6) is 17.2 Å². The number of benzene rings is 3. The van der Waals surface area contributed by atoms with Gasteiger partial charge in [0, 0.05) is 16.9 Å². The Morgan fingerprint density at radius 3 is 2.18 bits per heavy atom. The van der Waals surface area contributed by atoms with Crippen molar-refractivity contribution in [2.24, 2.45) is 0 Å². The molecule has 8 nitrogen and oxygen atoms in total. The third-order valence-electron chi connectivity index (χ3n) is 4.72. The first-order chi connectivity index (χ1) is 16.1. The number of methoxy groups -OCH3 is 2. The molecule has 0 heterocycles. The minimum absolute atomic E-state index is 0.0284. The molecule has 0 atom stereocenters. The highest BCUT2D eigenvalue weighted by Gasteiger charge is 2.19. The van der Waals surface area contributed by atoms with Gasteiger partial charge in [-0.3, -0.25) is 9.52 Å². The minimum Gasteiger partial charge on any atom is -0.497 e. The van der Waals surface area contributed by atoms with E-state index in [4.69, 9.17) is 9.47 Å². The van der Waals surface area contributed by atoms with Crippen LogP contribution in [-0.2, 0) is 10.0 Å². The van der Waals surface area contributed by atoms with Crippen molar-refractivity contribution in [3.8, 4) is 17.2 Å². The smallest absolute Gasteiger partial charge is 0.387 e. The van der Waals surface area contributed by atoms with E-state index in [-0.39, 0.29) is 27.6 Å². The normalized spacial score (nSPS) is 11.1. The quantitative estimate of drug-likeness (QED) is 0.450. The zero-order valence-corrected chi connectivity index (χ0v) is 19.3. The van der Waals surface area contributed by atoms with E-state index in [1.54, 1.807) is 43.3 Å². The number of carbonyl (C=O) groups is 1. The van der Waals surface area contributed by atoms with E-state index in [1.807, 2.05) is 0 Å². The number of aryl methyl sites for hydroxylation is 1. The number of nitrogens with one attached hydrogen (secondary N) is 2. The fourth-order valence-corrected chi connectivity index (χ4v) is 4.37. The van der Waals surface area contributed by atoms with Crippen LogP contribution >= 0.6 is 0 Å². The molecule has 3 rings (SSSR count). The summed E-state index contributed by atoms with van der Waals surface area (Å²) in [4.78, 5) is 12.7. The second kappa shape index (κ2) is 10.4. The molecule has 0 radical (unpaired) electrons. The molecule has 180 valence electrons. The first-order valence-electron chi connectivity index (χ1n) is 9.84. The lowest BCUT2D eigenvalue weighted by Gasteiger charge is -2.14. The highest BCUT2D eigenvalue weighted by Crippen LogP contribution is 2.30. The molecule has 0 unspecified atom stereocenters. The summed E-state index contributed by atoms with van der Waals surface area (Å²) in [5, 5.41) is 2.60. The van der Waals surface area contributed by atoms with Gasteiger partial charge in [0.1, 0.15) is 5.75 Å². The van der Waals surface area contributed by atoms with Gasteiger partial charge in [-0.15, -0.1) is 0 Å². The Labute approximate surface area is 195 Å². The zero-order valence-electron chi connectivity index (χ0n) is 18.5. The van der Waals surface area contributed by atoms with Crippen LogP contribution in [0, 0.1) is 6.92 Å². The van der Waals surface area contributed by atoms with Crippen molar-refractivity contribution in [3.05, 3.63) is 71.8 Å². The molecule has 11 heteroatoms. The van der Waals surface area contributed by atoms with Gasteiger partial charge in [-0.05, 0) is 67.1 Å². The number of carbonyl (C=O) groups excluding carboxylic acids is 1. The van der Waals surface area contributed by atoms with Gasteiger partial charge in [0.15, 0.2) is 11.5 Å². The van der Waals surface area contributed by atoms with E-state index in [1.165, 1.54) is 38.5 Å². The maximum atomic E-state index is 12.9. The fourth-order valence-electron chi connectivity index (χ4n) is 3.04. The first kappa shape index (κ1) is 24.8. The van der Waals surface area contributed by atoms with E-state index in [0.29, 0.717) is 17.0 Å². The number of hydrogen-bond donors (Lipinski definition) is 2. The molecule has 0 aromatic heterocycles. The lowest BCUT2D eigenvalue weighted by Crippen LogP contribution is -2.16. The van der Waals surface area contributed by atoms with Gasteiger partial charge in [-0.2, -0.15) is 8.78 Å². The number of amides is 1. The molecule has 2 N–H and O–H groups in total. The van der Waals surface area contributed by atoms with Gasteiger partial charge in [-0.1, -0.05) is 6.07 Å². The number of alkyl halides is 2. The predicted octanol–water partition coefficient (Wildman–Crippen LogP) is 4.67. The Balaban J connectivity index is 1.82. The second-order valence-electron chi connectivity index (χ2n) is 7.01. The van der Waals surface area contributed by atoms with E-state index < -0.39 is 22.5 Å². The van der Waals surface area contributed by atoms with Crippen LogP contribution in [0.4, 0.5) is 20.2 Å². The molecule has 0 saturated carbocycles. The molecule has 3 aromatic carbocycles. The molecule has 0 fully saturated rings. The van der Waals surface area contributed by atoms with Crippen molar-refractivity contribution < 1.29 is 36.2 Å². The van der Waals surface area contributed by atoms with Gasteiger partial charge < -0.3 is 19.5 Å². The Morgan fingerprint density at radius 2 is 1.56 bits per heavy atom. The van der Waals surface area contributed by atoms with Gasteiger partial charge in [0.05, 0.1) is 19.1 Å². The van der Waals surface area contributed by atoms with E-state index in [0.717, 1.165) is 0 Å². The lowest BCUT2D eigenvalue weighted by molar-refractivity contribution is -0.0512. The maximum Gasteiger partial charge on any atom is 0.387 e. The van der Waals surface area contributed by atoms with Gasteiger partial charge in [0.2, 0.25) is 0 Å². The van der Waals surface area contributed by atoms with Crippen LogP contribution in [0.15, 0.2) is 65.6 Å². The lowest BCUT2D eigenvalue weighted by atomic mass is 10.1. The molecule has 0 aliphatic heterocycles. The third kappa shape index (κ3) is 5.93. The second-order valence-corrected chi connectivity index (χ2v) is 8.66. The highest BCUT2D eigenvalue weighted by molar-refractivity contribution is 7.92. The third-order valence-corrected chi connectivity index (χ3v) is 6.24. The SMILES string of the molecule is COc1ccc(NS(=O)(=O)c2cc(NC(=O)c3ccc(OC(F)F)c(OC)c3)ccc2C)cc1. The summed E-state index contributed by atoms with van der Waals surface area (Å²) in [5.74, 6) is -0.294. The van der Waals surface area contributed by atoms with Gasteiger partial charge in [-0.25, -0.2) is 8.42 Å². The van der Waals surface area contributed by atoms with Crippen LogP contribution in [-0.4, -0.2) is 35.2 Å². The number of rotatable bonds is 9. The highest BCUT2D eigenvalue weighted by atomic mass is 32.2. The molecule has 0 aliphatic carbocycles. The number of sulfonamides is 1. The summed E-state index contributed by atoms with van der Waals surface area (Å²) in [6.07, 6.45) is 0. The molecule has 0 saturated heterocycles. The van der Waals surface area contributed by atoms with Crippen LogP contribution in [0.2, 0.25) is 0 Å². The Hall–Kier alpha value is -3.86. The summed E-state index contributed by atoms with van der Waals surface area (Å²) in [7, 11) is -1.21. The molecular formula is C23H22F2N2O6S. The van der Waals surface area contributed by atoms with Crippen molar-refractivity contribution in [1.29, 1.82) is 0 Å². The van der Waals surface area contributed by atoms with Crippen molar-refractivity contribution >= 4 is 27.3 Å². The average molecular weight is 493 g/mol. The predicted molar refractivity (Wildman–Crippen MR) is 123 cm³/mol. The largest absolute Gasteiger partial charge is 0.497 e. The number of anilines is 2. The summed E-state index contributed by atoms with van der Waals surface area (Å²) in [6.45, 7) is -1.42. The molecule has 3 aromatic rings. The van der Waals surface area contributed by atoms with Crippen molar-refractivity contribution in [1.82, 2.24) is 0 Å². The Bertz CT molecular complexity index is 1280. The molecular weight excluding hydrogens is 470 g/mol. The van der Waals surface area contributed by atoms with Crippen LogP contribution in [0.3, 0.4) is 0 Å². The molecule has 34 heavy (non-hydrogen) atoms. The zero-order chi connectivity index (χ0) is 24.9. The summed E-state index contributed by atoms with van der Waals surface area (Å²) in [5.41, 5.74) is 1.12. The summed E-state index contributed by atoms with van der Waals surface area (Å²) >= 11 is 0. The fraction of sp³-hybridized carbons (Fsp3) is 0.174. The number of ether oxygens (including phenoxy) is 3. The average Bonchev–Trinajstić information content (AvgIpc) is 2.80. The standard InChI is InChI=1S/C23H22F2N2O6S/c1-14-4-6-17(13-21(14)34(29,30)27-16-7-9-18(31-2)10-8-16)26-22(28)15-5-11-19(33-23(24)25)20(12-15)32-3/h4-13,23,27H,1-3H3,(H,26,28). The molecule has 0 aliphatic rings. The number of hydrogen-bond acceptors (Lipinski definition) is 6. The van der Waals surface area contributed by atoms with Crippen LogP contribution in [0.25, 0.3) is 0 Å². The monoisotopic (exact) mass is 492 g/mol.